The van der Waals surface area contributed by atoms with Gasteiger partial charge in [0.2, 0.25) is 0 Å². The largest absolute Gasteiger partial charge is 0.349 e. The molecule has 2 unspecified atom stereocenters. The summed E-state index contributed by atoms with van der Waals surface area (Å²) in [5.74, 6) is 7.42. The van der Waals surface area contributed by atoms with Crippen LogP contribution < -0.4 is 5.84 Å². The molecule has 5 nitrogen and oxygen atoms in total. The minimum atomic E-state index is -0.253. The molecule has 1 aromatic carbocycles. The number of aromatic nitrogens is 1. The molecule has 4 rings (SSSR count). The monoisotopic (exact) mass is 367 g/mol. The summed E-state index contributed by atoms with van der Waals surface area (Å²) in [6.45, 7) is 9.42. The Kier molecular flexibility index (Phi) is 4.32. The van der Waals surface area contributed by atoms with Crippen LogP contribution >= 0.6 is 11.3 Å². The average Bonchev–Trinajstić information content (AvgIpc) is 3.07. The number of allylic oxidation sites excluding steroid dienone is 1. The van der Waals surface area contributed by atoms with Gasteiger partial charge in [-0.3, -0.25) is 5.01 Å². The number of thiazole rings is 1. The van der Waals surface area contributed by atoms with E-state index in [1.54, 1.807) is 16.3 Å². The predicted octanol–water partition coefficient (Wildman–Crippen LogP) is 3.95. The number of hydrazine groups is 1. The van der Waals surface area contributed by atoms with E-state index in [-0.39, 0.29) is 6.17 Å². The van der Waals surface area contributed by atoms with Crippen LogP contribution in [0.5, 0.6) is 0 Å². The third-order valence-electron chi connectivity index (χ3n) is 5.50. The van der Waals surface area contributed by atoms with E-state index in [0.717, 1.165) is 40.8 Å². The number of benzene rings is 1. The lowest BCUT2D eigenvalue weighted by atomic mass is 9.92. The number of aliphatic imine (C=N–C) groups is 1. The maximum absolute atomic E-state index is 6.37. The summed E-state index contributed by atoms with van der Waals surface area (Å²) in [4.78, 5) is 12.1. The highest BCUT2D eigenvalue weighted by Gasteiger charge is 2.33. The summed E-state index contributed by atoms with van der Waals surface area (Å²) in [5, 5.41) is 4.75. The molecule has 2 aliphatic heterocycles. The normalized spacial score (nSPS) is 23.2. The first-order chi connectivity index (χ1) is 12.5. The van der Waals surface area contributed by atoms with E-state index in [2.05, 4.69) is 60.3 Å². The van der Waals surface area contributed by atoms with Crippen LogP contribution in [0.2, 0.25) is 0 Å². The van der Waals surface area contributed by atoms with Gasteiger partial charge in [0.25, 0.3) is 0 Å². The SMILES string of the molecule is CC1=C(C)N(N)C(c2nc(C)cs2)N=C1N1CCc2ccccc2C1C. The van der Waals surface area contributed by atoms with Crippen LogP contribution in [-0.4, -0.2) is 27.3 Å². The smallest absolute Gasteiger partial charge is 0.188 e. The lowest BCUT2D eigenvalue weighted by molar-refractivity contribution is 0.247. The summed E-state index contributed by atoms with van der Waals surface area (Å²) in [6, 6.07) is 9.02. The fourth-order valence-electron chi connectivity index (χ4n) is 3.83. The summed E-state index contributed by atoms with van der Waals surface area (Å²) < 4.78 is 0. The first kappa shape index (κ1) is 17.2. The van der Waals surface area contributed by atoms with Crippen LogP contribution in [0, 0.1) is 6.92 Å². The van der Waals surface area contributed by atoms with Crippen molar-refractivity contribution in [2.45, 2.75) is 46.3 Å². The third kappa shape index (κ3) is 2.73. The molecular formula is C20H25N5S. The zero-order chi connectivity index (χ0) is 18.4. The van der Waals surface area contributed by atoms with Crippen molar-refractivity contribution in [1.29, 1.82) is 0 Å². The highest BCUT2D eigenvalue weighted by Crippen LogP contribution is 2.36. The Balaban J connectivity index is 1.74. The standard InChI is InChI=1S/C20H25N5S/c1-12-11-26-20(22-12)19-23-18(13(2)14(3)25(19)21)24-10-9-16-7-5-6-8-17(16)15(24)4/h5-8,11,15,19H,9-10,21H2,1-4H3. The van der Waals surface area contributed by atoms with Crippen molar-refractivity contribution < 1.29 is 0 Å². The molecule has 0 radical (unpaired) electrons. The second kappa shape index (κ2) is 6.52. The molecule has 2 aromatic rings. The second-order valence-electron chi connectivity index (χ2n) is 7.09. The minimum Gasteiger partial charge on any atom is -0.349 e. The van der Waals surface area contributed by atoms with E-state index < -0.39 is 0 Å². The molecule has 0 spiro atoms. The molecule has 0 aliphatic carbocycles. The lowest BCUT2D eigenvalue weighted by Gasteiger charge is -2.41. The van der Waals surface area contributed by atoms with Crippen LogP contribution in [0.15, 0.2) is 45.9 Å². The summed E-state index contributed by atoms with van der Waals surface area (Å²) >= 11 is 1.62. The molecule has 0 amide bonds. The molecule has 3 heterocycles. The molecular weight excluding hydrogens is 342 g/mol. The molecule has 2 N–H and O–H groups in total. The van der Waals surface area contributed by atoms with Gasteiger partial charge in [-0.05, 0) is 45.2 Å². The number of hydrogen-bond acceptors (Lipinski definition) is 6. The average molecular weight is 368 g/mol. The van der Waals surface area contributed by atoms with Crippen LogP contribution in [0.1, 0.15) is 54.8 Å². The highest BCUT2D eigenvalue weighted by atomic mass is 32.1. The zero-order valence-electron chi connectivity index (χ0n) is 15.7. The molecule has 1 aromatic heterocycles. The van der Waals surface area contributed by atoms with E-state index in [0.29, 0.717) is 6.04 Å². The molecule has 0 fully saturated rings. The number of nitrogens with zero attached hydrogens (tertiary/aromatic N) is 4. The van der Waals surface area contributed by atoms with Crippen molar-refractivity contribution in [1.82, 2.24) is 14.9 Å². The maximum Gasteiger partial charge on any atom is 0.188 e. The van der Waals surface area contributed by atoms with Crippen LogP contribution in [0.3, 0.4) is 0 Å². The predicted molar refractivity (Wildman–Crippen MR) is 107 cm³/mol. The van der Waals surface area contributed by atoms with Crippen LogP contribution in [-0.2, 0) is 6.42 Å². The Morgan fingerprint density at radius 3 is 2.69 bits per heavy atom. The number of fused-ring (bicyclic) bond motifs is 1. The van der Waals surface area contributed by atoms with E-state index in [1.807, 2.05) is 6.92 Å². The molecule has 0 saturated carbocycles. The summed E-state index contributed by atoms with van der Waals surface area (Å²) in [6.07, 6.45) is 0.788. The maximum atomic E-state index is 6.37. The number of aryl methyl sites for hydroxylation is 1. The van der Waals surface area contributed by atoms with Crippen molar-refractivity contribution in [2.75, 3.05) is 6.54 Å². The lowest BCUT2D eigenvalue weighted by Crippen LogP contribution is -2.45. The molecule has 26 heavy (non-hydrogen) atoms. The summed E-state index contributed by atoms with van der Waals surface area (Å²) in [5.41, 5.74) is 6.05. The number of amidine groups is 1. The van der Waals surface area contributed by atoms with Gasteiger partial charge >= 0.3 is 0 Å². The van der Waals surface area contributed by atoms with E-state index >= 15 is 0 Å². The fraction of sp³-hybridized carbons (Fsp3) is 0.400. The third-order valence-corrected chi connectivity index (χ3v) is 6.50. The van der Waals surface area contributed by atoms with Gasteiger partial charge in [0.15, 0.2) is 6.17 Å². The Bertz CT molecular complexity index is 897. The van der Waals surface area contributed by atoms with Crippen LogP contribution in [0.4, 0.5) is 0 Å². The second-order valence-corrected chi connectivity index (χ2v) is 7.98. The van der Waals surface area contributed by atoms with Crippen molar-refractivity contribution in [3.63, 3.8) is 0 Å². The van der Waals surface area contributed by atoms with Crippen molar-refractivity contribution in [3.05, 3.63) is 62.7 Å². The molecule has 136 valence electrons. The van der Waals surface area contributed by atoms with Gasteiger partial charge in [-0.1, -0.05) is 24.3 Å². The first-order valence-corrected chi connectivity index (χ1v) is 9.91. The molecule has 0 saturated heterocycles. The van der Waals surface area contributed by atoms with E-state index in [1.165, 1.54) is 11.1 Å². The Labute approximate surface area is 158 Å². The molecule has 2 aliphatic rings. The van der Waals surface area contributed by atoms with Gasteiger partial charge < -0.3 is 4.90 Å². The van der Waals surface area contributed by atoms with Gasteiger partial charge in [0, 0.05) is 28.9 Å². The topological polar surface area (TPSA) is 57.8 Å². The molecule has 6 heteroatoms. The van der Waals surface area contributed by atoms with Crippen LogP contribution in [0.25, 0.3) is 0 Å². The van der Waals surface area contributed by atoms with Gasteiger partial charge in [-0.15, -0.1) is 11.3 Å². The fourth-order valence-corrected chi connectivity index (χ4v) is 4.66. The van der Waals surface area contributed by atoms with Crippen molar-refractivity contribution in [3.8, 4) is 0 Å². The Hall–Kier alpha value is -2.18. The van der Waals surface area contributed by atoms with Gasteiger partial charge in [-0.2, -0.15) is 0 Å². The Morgan fingerprint density at radius 2 is 1.96 bits per heavy atom. The Morgan fingerprint density at radius 1 is 1.19 bits per heavy atom. The quantitative estimate of drug-likeness (QED) is 0.776. The molecule has 0 bridgehead atoms. The summed E-state index contributed by atoms with van der Waals surface area (Å²) in [7, 11) is 0. The minimum absolute atomic E-state index is 0.253. The molecule has 2 atom stereocenters. The zero-order valence-corrected chi connectivity index (χ0v) is 16.5. The van der Waals surface area contributed by atoms with Gasteiger partial charge in [0.05, 0.1) is 6.04 Å². The number of rotatable bonds is 1. The van der Waals surface area contributed by atoms with Gasteiger partial charge in [0.1, 0.15) is 10.8 Å². The number of hydrogen-bond donors (Lipinski definition) is 1. The van der Waals surface area contributed by atoms with Gasteiger partial charge in [-0.25, -0.2) is 15.8 Å². The highest BCUT2D eigenvalue weighted by molar-refractivity contribution is 7.09. The van der Waals surface area contributed by atoms with E-state index in [9.17, 15) is 0 Å². The van der Waals surface area contributed by atoms with Crippen molar-refractivity contribution >= 4 is 17.2 Å². The number of nitrogens with two attached hydrogens (primary N) is 1. The van der Waals surface area contributed by atoms with E-state index in [4.69, 9.17) is 10.8 Å². The van der Waals surface area contributed by atoms with Crippen molar-refractivity contribution in [2.24, 2.45) is 10.8 Å². The first-order valence-electron chi connectivity index (χ1n) is 9.03.